The van der Waals surface area contributed by atoms with Crippen LogP contribution in [0.1, 0.15) is 52.9 Å². The summed E-state index contributed by atoms with van der Waals surface area (Å²) in [5, 5.41) is 11.1. The van der Waals surface area contributed by atoms with Gasteiger partial charge < -0.3 is 29.0 Å². The molecule has 0 radical (unpaired) electrons. The third-order valence-corrected chi connectivity index (χ3v) is 5.98. The molecular weight excluding hydrogens is 428 g/mol. The minimum absolute atomic E-state index is 0.248. The van der Waals surface area contributed by atoms with E-state index in [4.69, 9.17) is 18.9 Å². The first kappa shape index (κ1) is 23.2. The summed E-state index contributed by atoms with van der Waals surface area (Å²) in [7, 11) is 0. The quantitative estimate of drug-likeness (QED) is 0.679. The molecule has 1 atom stereocenters. The van der Waals surface area contributed by atoms with Gasteiger partial charge in [-0.05, 0) is 52.0 Å². The summed E-state index contributed by atoms with van der Waals surface area (Å²) in [4.78, 5) is 27.8. The molecule has 4 aliphatic rings. The first-order valence-corrected chi connectivity index (χ1v) is 11.4. The maximum absolute atomic E-state index is 12.5. The molecular formula is C24H32N2O7. The van der Waals surface area contributed by atoms with Gasteiger partial charge in [0.15, 0.2) is 12.0 Å². The highest BCUT2D eigenvalue weighted by Gasteiger charge is 2.43. The van der Waals surface area contributed by atoms with Crippen molar-refractivity contribution in [1.29, 1.82) is 0 Å². The number of likely N-dealkylation sites (tertiary alicyclic amines) is 1. The van der Waals surface area contributed by atoms with E-state index in [0.29, 0.717) is 31.7 Å². The van der Waals surface area contributed by atoms with Crippen LogP contribution in [-0.4, -0.2) is 64.0 Å². The Morgan fingerprint density at radius 1 is 1.27 bits per heavy atom. The number of aliphatic hydroxyl groups is 1. The number of hydrogen-bond donors (Lipinski definition) is 1. The van der Waals surface area contributed by atoms with E-state index < -0.39 is 23.4 Å². The molecule has 4 rings (SSSR count). The van der Waals surface area contributed by atoms with Crippen molar-refractivity contribution in [2.45, 2.75) is 70.2 Å². The second-order valence-corrected chi connectivity index (χ2v) is 9.85. The van der Waals surface area contributed by atoms with Crippen LogP contribution in [0.5, 0.6) is 0 Å². The number of allylic oxidation sites excluding steroid dienone is 4. The van der Waals surface area contributed by atoms with E-state index in [0.717, 1.165) is 18.4 Å². The Bertz CT molecular complexity index is 904. The molecule has 33 heavy (non-hydrogen) atoms. The van der Waals surface area contributed by atoms with Gasteiger partial charge in [0, 0.05) is 19.5 Å². The monoisotopic (exact) mass is 460 g/mol. The summed E-state index contributed by atoms with van der Waals surface area (Å²) >= 11 is 0. The van der Waals surface area contributed by atoms with Crippen LogP contribution in [0, 0.1) is 0 Å². The van der Waals surface area contributed by atoms with Gasteiger partial charge >= 0.3 is 12.2 Å². The fraction of sp³-hybridized carbons (Fsp3) is 0.583. The molecule has 3 aliphatic heterocycles. The van der Waals surface area contributed by atoms with Gasteiger partial charge in [-0.15, -0.1) is 0 Å². The van der Waals surface area contributed by atoms with E-state index in [-0.39, 0.29) is 24.9 Å². The molecule has 0 bridgehead atoms. The lowest BCUT2D eigenvalue weighted by Gasteiger charge is -2.39. The van der Waals surface area contributed by atoms with Crippen molar-refractivity contribution in [2.75, 3.05) is 19.6 Å². The summed E-state index contributed by atoms with van der Waals surface area (Å²) in [6.45, 7) is 6.49. The maximum Gasteiger partial charge on any atom is 0.417 e. The van der Waals surface area contributed by atoms with E-state index in [2.05, 4.69) is 6.08 Å². The number of nitrogens with zero attached hydrogens (tertiary/aromatic N) is 2. The Morgan fingerprint density at radius 3 is 2.70 bits per heavy atom. The summed E-state index contributed by atoms with van der Waals surface area (Å²) in [5.74, 6) is 0.837. The van der Waals surface area contributed by atoms with Crippen molar-refractivity contribution in [1.82, 2.24) is 9.80 Å². The van der Waals surface area contributed by atoms with Crippen molar-refractivity contribution >= 4 is 12.2 Å². The van der Waals surface area contributed by atoms with Crippen LogP contribution in [0.2, 0.25) is 0 Å². The number of amides is 2. The van der Waals surface area contributed by atoms with Gasteiger partial charge in [0.1, 0.15) is 18.0 Å². The Morgan fingerprint density at radius 2 is 2.03 bits per heavy atom. The van der Waals surface area contributed by atoms with Gasteiger partial charge in [0.05, 0.1) is 12.1 Å². The van der Waals surface area contributed by atoms with E-state index in [9.17, 15) is 14.7 Å². The van der Waals surface area contributed by atoms with Crippen LogP contribution >= 0.6 is 0 Å². The molecule has 0 aromatic rings. The molecule has 1 unspecified atom stereocenters. The van der Waals surface area contributed by atoms with Crippen LogP contribution in [0.25, 0.3) is 0 Å². The number of ether oxygens (including phenoxy) is 4. The van der Waals surface area contributed by atoms with Crippen LogP contribution in [0.3, 0.4) is 0 Å². The largest absolute Gasteiger partial charge is 0.463 e. The predicted molar refractivity (Wildman–Crippen MR) is 118 cm³/mol. The van der Waals surface area contributed by atoms with Gasteiger partial charge in [-0.2, -0.15) is 0 Å². The standard InChI is InChI=1S/C24H32N2O7/c1-23(2,3)33-21(27)25-11-9-24(29,10-12-25)13-18-14-26(22(28)31-18)20-16-30-15-19(32-20)17-7-5-4-6-8-17/h4-5,7,15-16,18,29H,6,8-14H2,1-3H3. The summed E-state index contributed by atoms with van der Waals surface area (Å²) < 4.78 is 22.3. The molecule has 0 aromatic heterocycles. The molecule has 1 N–H and O–H groups in total. The Balaban J connectivity index is 1.30. The molecule has 0 saturated carbocycles. The molecule has 9 nitrogen and oxygen atoms in total. The highest BCUT2D eigenvalue weighted by Crippen LogP contribution is 2.33. The zero-order valence-corrected chi connectivity index (χ0v) is 19.4. The highest BCUT2D eigenvalue weighted by molar-refractivity contribution is 5.72. The number of cyclic esters (lactones) is 1. The molecule has 2 saturated heterocycles. The lowest BCUT2D eigenvalue weighted by atomic mass is 9.86. The van der Waals surface area contributed by atoms with Gasteiger partial charge in [-0.3, -0.25) is 0 Å². The summed E-state index contributed by atoms with van der Waals surface area (Å²) in [6, 6.07) is 0. The summed E-state index contributed by atoms with van der Waals surface area (Å²) in [5.41, 5.74) is -0.592. The Labute approximate surface area is 193 Å². The topological polar surface area (TPSA) is 97.8 Å². The molecule has 2 fully saturated rings. The molecule has 1 aliphatic carbocycles. The zero-order valence-electron chi connectivity index (χ0n) is 19.4. The molecule has 0 aromatic carbocycles. The van der Waals surface area contributed by atoms with Crippen molar-refractivity contribution < 1.29 is 33.6 Å². The van der Waals surface area contributed by atoms with Gasteiger partial charge in [-0.25, -0.2) is 14.5 Å². The fourth-order valence-corrected chi connectivity index (χ4v) is 4.25. The first-order valence-electron chi connectivity index (χ1n) is 11.4. The molecule has 9 heteroatoms. The van der Waals surface area contributed by atoms with Crippen molar-refractivity contribution in [2.24, 2.45) is 0 Å². The third-order valence-electron chi connectivity index (χ3n) is 5.98. The minimum atomic E-state index is -1.03. The molecule has 2 amide bonds. The Hall–Kier alpha value is -2.94. The maximum atomic E-state index is 12.5. The number of piperidine rings is 1. The van der Waals surface area contributed by atoms with E-state index in [1.807, 2.05) is 32.9 Å². The van der Waals surface area contributed by atoms with Crippen molar-refractivity contribution in [3.63, 3.8) is 0 Å². The van der Waals surface area contributed by atoms with E-state index in [1.165, 1.54) is 17.4 Å². The lowest BCUT2D eigenvalue weighted by molar-refractivity contribution is -0.0535. The van der Waals surface area contributed by atoms with Gasteiger partial charge in [-0.1, -0.05) is 18.2 Å². The van der Waals surface area contributed by atoms with Crippen molar-refractivity contribution in [3.8, 4) is 0 Å². The second-order valence-electron chi connectivity index (χ2n) is 9.85. The van der Waals surface area contributed by atoms with Crippen LogP contribution in [0.4, 0.5) is 9.59 Å². The fourth-order valence-electron chi connectivity index (χ4n) is 4.25. The van der Waals surface area contributed by atoms with Crippen LogP contribution < -0.4 is 0 Å². The number of carbonyl (C=O) groups is 2. The molecule has 3 heterocycles. The minimum Gasteiger partial charge on any atom is -0.463 e. The normalized spacial score (nSPS) is 24.8. The van der Waals surface area contributed by atoms with Crippen LogP contribution in [-0.2, 0) is 18.9 Å². The number of carbonyl (C=O) groups excluding carboxylic acids is 2. The van der Waals surface area contributed by atoms with Crippen molar-refractivity contribution in [3.05, 3.63) is 48.0 Å². The van der Waals surface area contributed by atoms with Gasteiger partial charge in [0.25, 0.3) is 0 Å². The van der Waals surface area contributed by atoms with E-state index >= 15 is 0 Å². The lowest BCUT2D eigenvalue weighted by Crippen LogP contribution is -2.49. The number of hydrogen-bond acceptors (Lipinski definition) is 7. The Kier molecular flexibility index (Phi) is 6.43. The SMILES string of the molecule is CC(C)(C)OC(=O)N1CCC(O)(CC2CN(C3=COC=C(C4=CC=CCC4)O3)C(=O)O2)CC1. The second kappa shape index (κ2) is 9.13. The van der Waals surface area contributed by atoms with Gasteiger partial charge in [0.2, 0.25) is 5.88 Å². The first-order chi connectivity index (χ1) is 15.6. The van der Waals surface area contributed by atoms with E-state index in [1.54, 1.807) is 4.90 Å². The number of rotatable bonds is 4. The summed E-state index contributed by atoms with van der Waals surface area (Å²) in [6.07, 6.45) is 10.3. The van der Waals surface area contributed by atoms with Crippen LogP contribution in [0.15, 0.2) is 48.0 Å². The molecule has 0 spiro atoms. The third kappa shape index (κ3) is 5.71. The molecule has 180 valence electrons. The average Bonchev–Trinajstić information content (AvgIpc) is 3.13. The predicted octanol–water partition coefficient (Wildman–Crippen LogP) is 3.92. The smallest absolute Gasteiger partial charge is 0.417 e. The zero-order chi connectivity index (χ0) is 23.6. The highest BCUT2D eigenvalue weighted by atomic mass is 16.6. The average molecular weight is 461 g/mol.